The molecule has 1 fully saturated rings. The standard InChI is InChI=1S/C24H33FN2O3/c1-16-6-7-20(27(15-16)22(28)30-23(2,3)4)17-12-18-14-24(8-10-26(5)11-9-24)29-21(18)19(25)13-17/h7,12-13,16H,6,8-11,14-15H2,1-5H3/t16-/m0/s1. The molecule has 0 radical (unpaired) electrons. The van der Waals surface area contributed by atoms with Crippen LogP contribution >= 0.6 is 0 Å². The number of fused-ring (bicyclic) bond motifs is 1. The van der Waals surface area contributed by atoms with Gasteiger partial charge < -0.3 is 14.4 Å². The number of carbonyl (C=O) groups excluding carboxylic acids is 1. The van der Waals surface area contributed by atoms with Crippen molar-refractivity contribution in [1.29, 1.82) is 0 Å². The van der Waals surface area contributed by atoms with Crippen LogP contribution in [0.4, 0.5) is 9.18 Å². The zero-order valence-electron chi connectivity index (χ0n) is 18.8. The van der Waals surface area contributed by atoms with Crippen LogP contribution in [0.25, 0.3) is 5.70 Å². The van der Waals surface area contributed by atoms with Crippen molar-refractivity contribution in [2.24, 2.45) is 5.92 Å². The first-order chi connectivity index (χ1) is 14.1. The second-order valence-electron chi connectivity index (χ2n) is 10.2. The van der Waals surface area contributed by atoms with E-state index in [1.54, 1.807) is 4.90 Å². The number of rotatable bonds is 1. The number of halogens is 1. The molecule has 1 spiro atoms. The van der Waals surface area contributed by atoms with Gasteiger partial charge in [-0.1, -0.05) is 13.0 Å². The molecule has 1 aromatic rings. The van der Waals surface area contributed by atoms with Crippen molar-refractivity contribution >= 4 is 11.8 Å². The molecule has 3 heterocycles. The molecule has 1 aromatic carbocycles. The van der Waals surface area contributed by atoms with Crippen LogP contribution in [-0.2, 0) is 11.2 Å². The fraction of sp³-hybridized carbons (Fsp3) is 0.625. The molecule has 0 saturated carbocycles. The molecule has 0 unspecified atom stereocenters. The molecule has 1 amide bonds. The van der Waals surface area contributed by atoms with Gasteiger partial charge in [-0.2, -0.15) is 0 Å². The average Bonchev–Trinajstić information content (AvgIpc) is 3.02. The Hall–Kier alpha value is -2.08. The lowest BCUT2D eigenvalue weighted by Crippen LogP contribution is -2.45. The van der Waals surface area contributed by atoms with Gasteiger partial charge >= 0.3 is 6.09 Å². The number of allylic oxidation sites excluding steroid dienone is 1. The highest BCUT2D eigenvalue weighted by Crippen LogP contribution is 2.44. The number of hydrogen-bond donors (Lipinski definition) is 0. The summed E-state index contributed by atoms with van der Waals surface area (Å²) in [6.45, 7) is 10.1. The summed E-state index contributed by atoms with van der Waals surface area (Å²) in [6, 6.07) is 3.51. The first-order valence-electron chi connectivity index (χ1n) is 11.0. The van der Waals surface area contributed by atoms with Crippen molar-refractivity contribution in [3.63, 3.8) is 0 Å². The third-order valence-corrected chi connectivity index (χ3v) is 6.26. The minimum atomic E-state index is -0.583. The average molecular weight is 417 g/mol. The fourth-order valence-electron chi connectivity index (χ4n) is 4.62. The highest BCUT2D eigenvalue weighted by atomic mass is 19.1. The second-order valence-corrected chi connectivity index (χ2v) is 10.2. The maximum atomic E-state index is 15.1. The van der Waals surface area contributed by atoms with Gasteiger partial charge in [-0.05, 0) is 52.3 Å². The maximum Gasteiger partial charge on any atom is 0.414 e. The molecular formula is C24H33FN2O3. The Kier molecular flexibility index (Phi) is 5.33. The minimum Gasteiger partial charge on any atom is -0.483 e. The van der Waals surface area contributed by atoms with Gasteiger partial charge in [0.2, 0.25) is 0 Å². The molecule has 0 aromatic heterocycles. The number of likely N-dealkylation sites (tertiary alicyclic amines) is 1. The van der Waals surface area contributed by atoms with Gasteiger partial charge in [-0.3, -0.25) is 4.90 Å². The normalized spacial score (nSPS) is 23.7. The second kappa shape index (κ2) is 7.56. The number of hydrogen-bond acceptors (Lipinski definition) is 4. The van der Waals surface area contributed by atoms with Crippen molar-refractivity contribution in [2.45, 2.75) is 64.6 Å². The number of carbonyl (C=O) groups is 1. The van der Waals surface area contributed by atoms with Crippen LogP contribution in [0.5, 0.6) is 5.75 Å². The SMILES string of the molecule is C[C@H]1CC=C(c2cc(F)c3c(c2)CC2(CCN(C)CC2)O3)N(C(=O)OC(C)(C)C)C1. The largest absolute Gasteiger partial charge is 0.483 e. The lowest BCUT2D eigenvalue weighted by Gasteiger charge is -2.37. The van der Waals surface area contributed by atoms with Crippen molar-refractivity contribution in [2.75, 3.05) is 26.7 Å². The summed E-state index contributed by atoms with van der Waals surface area (Å²) in [5, 5.41) is 0. The highest BCUT2D eigenvalue weighted by molar-refractivity contribution is 5.83. The molecule has 3 aliphatic rings. The van der Waals surface area contributed by atoms with Gasteiger partial charge in [-0.25, -0.2) is 9.18 Å². The van der Waals surface area contributed by atoms with E-state index in [4.69, 9.17) is 9.47 Å². The molecule has 0 aliphatic carbocycles. The van der Waals surface area contributed by atoms with Gasteiger partial charge in [0.15, 0.2) is 11.6 Å². The lowest BCUT2D eigenvalue weighted by atomic mass is 9.87. The van der Waals surface area contributed by atoms with Crippen molar-refractivity contribution in [3.8, 4) is 5.75 Å². The van der Waals surface area contributed by atoms with Gasteiger partial charge in [0.25, 0.3) is 0 Å². The first kappa shape index (κ1) is 21.2. The molecule has 3 aliphatic heterocycles. The van der Waals surface area contributed by atoms with Crippen LogP contribution in [-0.4, -0.2) is 53.8 Å². The van der Waals surface area contributed by atoms with E-state index in [9.17, 15) is 4.79 Å². The predicted octanol–water partition coefficient (Wildman–Crippen LogP) is 4.84. The van der Waals surface area contributed by atoms with Crippen LogP contribution in [0.3, 0.4) is 0 Å². The van der Waals surface area contributed by atoms with Gasteiger partial charge in [0, 0.05) is 50.0 Å². The van der Waals surface area contributed by atoms with E-state index >= 15 is 4.39 Å². The van der Waals surface area contributed by atoms with E-state index in [0.29, 0.717) is 18.2 Å². The molecule has 0 N–H and O–H groups in total. The van der Waals surface area contributed by atoms with Crippen LogP contribution in [0.15, 0.2) is 18.2 Å². The Morgan fingerprint density at radius 1 is 1.27 bits per heavy atom. The monoisotopic (exact) mass is 416 g/mol. The number of amides is 1. The maximum absolute atomic E-state index is 15.1. The summed E-state index contributed by atoms with van der Waals surface area (Å²) in [4.78, 5) is 16.8. The van der Waals surface area contributed by atoms with Crippen molar-refractivity contribution in [1.82, 2.24) is 9.80 Å². The number of nitrogens with zero attached hydrogens (tertiary/aromatic N) is 2. The Balaban J connectivity index is 1.63. The quantitative estimate of drug-likeness (QED) is 0.657. The summed E-state index contributed by atoms with van der Waals surface area (Å²) >= 11 is 0. The summed E-state index contributed by atoms with van der Waals surface area (Å²) in [7, 11) is 2.11. The lowest BCUT2D eigenvalue weighted by molar-refractivity contribution is 0.0247. The summed E-state index contributed by atoms with van der Waals surface area (Å²) in [5.41, 5.74) is 1.47. The van der Waals surface area contributed by atoms with Gasteiger partial charge in [-0.15, -0.1) is 0 Å². The molecule has 6 heteroatoms. The summed E-state index contributed by atoms with van der Waals surface area (Å²) in [6.07, 6.45) is 5.01. The van der Waals surface area contributed by atoms with Gasteiger partial charge in [0.05, 0.1) is 5.70 Å². The first-order valence-corrected chi connectivity index (χ1v) is 11.0. The molecular weight excluding hydrogens is 383 g/mol. The van der Waals surface area contributed by atoms with E-state index in [2.05, 4.69) is 18.9 Å². The Bertz CT molecular complexity index is 866. The van der Waals surface area contributed by atoms with Gasteiger partial charge in [0.1, 0.15) is 11.2 Å². The zero-order chi connectivity index (χ0) is 21.7. The minimum absolute atomic E-state index is 0.297. The van der Waals surface area contributed by atoms with Crippen LogP contribution < -0.4 is 4.74 Å². The van der Waals surface area contributed by atoms with Crippen LogP contribution in [0.2, 0.25) is 0 Å². The Morgan fingerprint density at radius 3 is 2.63 bits per heavy atom. The van der Waals surface area contributed by atoms with E-state index in [-0.39, 0.29) is 17.5 Å². The number of piperidine rings is 1. The smallest absolute Gasteiger partial charge is 0.414 e. The zero-order valence-corrected chi connectivity index (χ0v) is 18.8. The van der Waals surface area contributed by atoms with Crippen LogP contribution in [0.1, 0.15) is 58.1 Å². The van der Waals surface area contributed by atoms with Crippen molar-refractivity contribution < 1.29 is 18.7 Å². The highest BCUT2D eigenvalue weighted by Gasteiger charge is 2.43. The number of benzene rings is 1. The topological polar surface area (TPSA) is 42.0 Å². The molecule has 0 bridgehead atoms. The Morgan fingerprint density at radius 2 is 1.97 bits per heavy atom. The predicted molar refractivity (Wildman–Crippen MR) is 115 cm³/mol. The molecule has 4 rings (SSSR count). The number of ether oxygens (including phenoxy) is 2. The van der Waals surface area contributed by atoms with Crippen LogP contribution in [0, 0.1) is 11.7 Å². The molecule has 5 nitrogen and oxygen atoms in total. The fourth-order valence-corrected chi connectivity index (χ4v) is 4.62. The molecule has 1 atom stereocenters. The van der Waals surface area contributed by atoms with E-state index in [0.717, 1.165) is 55.6 Å². The summed E-state index contributed by atoms with van der Waals surface area (Å²) in [5.74, 6) is 0.366. The van der Waals surface area contributed by atoms with E-state index in [1.807, 2.05) is 32.9 Å². The summed E-state index contributed by atoms with van der Waals surface area (Å²) < 4.78 is 26.9. The Labute approximate surface area is 178 Å². The van der Waals surface area contributed by atoms with E-state index in [1.165, 1.54) is 6.07 Å². The van der Waals surface area contributed by atoms with Crippen molar-refractivity contribution in [3.05, 3.63) is 35.2 Å². The third-order valence-electron chi connectivity index (χ3n) is 6.26. The van der Waals surface area contributed by atoms with E-state index < -0.39 is 5.60 Å². The third kappa shape index (κ3) is 4.20. The molecule has 30 heavy (non-hydrogen) atoms. The molecule has 164 valence electrons. The molecule has 1 saturated heterocycles.